The number of rotatable bonds is 1. The SMILES string of the molecule is COC(=N)C1CSCCS1. The zero-order chi connectivity index (χ0) is 7.40. The zero-order valence-electron chi connectivity index (χ0n) is 5.92. The number of hydrogen-bond acceptors (Lipinski definition) is 4. The summed E-state index contributed by atoms with van der Waals surface area (Å²) in [5.41, 5.74) is 0. The third-order valence-corrected chi connectivity index (χ3v) is 4.08. The molecular formula is C6H11NOS2. The van der Waals surface area contributed by atoms with Crippen LogP contribution in [0.2, 0.25) is 0 Å². The first-order valence-electron chi connectivity index (χ1n) is 3.16. The van der Waals surface area contributed by atoms with Crippen LogP contribution in [0.25, 0.3) is 0 Å². The summed E-state index contributed by atoms with van der Waals surface area (Å²) in [4.78, 5) is 0. The van der Waals surface area contributed by atoms with Crippen molar-refractivity contribution in [3.63, 3.8) is 0 Å². The Morgan fingerprint density at radius 3 is 2.90 bits per heavy atom. The molecule has 0 radical (unpaired) electrons. The molecule has 2 nitrogen and oxygen atoms in total. The maximum Gasteiger partial charge on any atom is 0.194 e. The lowest BCUT2D eigenvalue weighted by Gasteiger charge is -2.19. The molecule has 10 heavy (non-hydrogen) atoms. The maximum absolute atomic E-state index is 7.38. The van der Waals surface area contributed by atoms with Gasteiger partial charge in [-0.3, -0.25) is 5.41 Å². The van der Waals surface area contributed by atoms with Crippen molar-refractivity contribution in [1.29, 1.82) is 5.41 Å². The van der Waals surface area contributed by atoms with Crippen LogP contribution in [0.4, 0.5) is 0 Å². The highest BCUT2D eigenvalue weighted by molar-refractivity contribution is 8.07. The largest absolute Gasteiger partial charge is 0.484 e. The molecule has 0 aliphatic carbocycles. The zero-order valence-corrected chi connectivity index (χ0v) is 7.56. The van der Waals surface area contributed by atoms with Crippen LogP contribution in [-0.2, 0) is 4.74 Å². The van der Waals surface area contributed by atoms with Gasteiger partial charge in [-0.2, -0.15) is 11.8 Å². The molecule has 0 aromatic carbocycles. The van der Waals surface area contributed by atoms with Crippen LogP contribution >= 0.6 is 23.5 Å². The predicted octanol–water partition coefficient (Wildman–Crippen LogP) is 1.46. The van der Waals surface area contributed by atoms with Crippen molar-refractivity contribution in [2.75, 3.05) is 24.4 Å². The van der Waals surface area contributed by atoms with Crippen LogP contribution in [0.3, 0.4) is 0 Å². The summed E-state index contributed by atoms with van der Waals surface area (Å²) < 4.78 is 4.84. The summed E-state index contributed by atoms with van der Waals surface area (Å²) in [5, 5.41) is 7.68. The van der Waals surface area contributed by atoms with Gasteiger partial charge >= 0.3 is 0 Å². The quantitative estimate of drug-likeness (QED) is 0.486. The van der Waals surface area contributed by atoms with Gasteiger partial charge < -0.3 is 4.74 Å². The molecule has 0 bridgehead atoms. The molecule has 1 rings (SSSR count). The fourth-order valence-corrected chi connectivity index (χ4v) is 3.36. The van der Waals surface area contributed by atoms with Crippen molar-refractivity contribution in [3.8, 4) is 0 Å². The molecule has 0 aromatic heterocycles. The summed E-state index contributed by atoms with van der Waals surface area (Å²) in [7, 11) is 1.57. The Morgan fingerprint density at radius 1 is 1.60 bits per heavy atom. The van der Waals surface area contributed by atoms with Crippen molar-refractivity contribution in [2.45, 2.75) is 5.25 Å². The molecule has 0 amide bonds. The van der Waals surface area contributed by atoms with E-state index in [2.05, 4.69) is 0 Å². The lowest BCUT2D eigenvalue weighted by molar-refractivity contribution is 0.390. The van der Waals surface area contributed by atoms with Gasteiger partial charge in [0, 0.05) is 17.3 Å². The Morgan fingerprint density at radius 2 is 2.40 bits per heavy atom. The van der Waals surface area contributed by atoms with E-state index in [1.54, 1.807) is 7.11 Å². The highest BCUT2D eigenvalue weighted by Crippen LogP contribution is 2.24. The first kappa shape index (κ1) is 8.27. The average Bonchev–Trinajstić information content (AvgIpc) is 2.05. The molecule has 1 aliphatic heterocycles. The Balaban J connectivity index is 2.31. The van der Waals surface area contributed by atoms with Crippen LogP contribution in [0.15, 0.2) is 0 Å². The average molecular weight is 177 g/mol. The number of methoxy groups -OCH3 is 1. The van der Waals surface area contributed by atoms with Gasteiger partial charge in [0.1, 0.15) is 0 Å². The second kappa shape index (κ2) is 4.13. The van der Waals surface area contributed by atoms with Gasteiger partial charge in [0.15, 0.2) is 5.90 Å². The first-order valence-corrected chi connectivity index (χ1v) is 5.36. The summed E-state index contributed by atoms with van der Waals surface area (Å²) in [6, 6.07) is 0. The fourth-order valence-electron chi connectivity index (χ4n) is 0.771. The van der Waals surface area contributed by atoms with Crippen molar-refractivity contribution < 1.29 is 4.74 Å². The van der Waals surface area contributed by atoms with Gasteiger partial charge in [-0.15, -0.1) is 11.8 Å². The molecule has 1 fully saturated rings. The van der Waals surface area contributed by atoms with E-state index in [4.69, 9.17) is 10.1 Å². The number of hydrogen-bond donors (Lipinski definition) is 1. The van der Waals surface area contributed by atoms with Gasteiger partial charge in [0.05, 0.1) is 12.4 Å². The summed E-state index contributed by atoms with van der Waals surface area (Å²) in [6.07, 6.45) is 0. The molecule has 1 unspecified atom stereocenters. The van der Waals surface area contributed by atoms with Crippen molar-refractivity contribution in [1.82, 2.24) is 0 Å². The molecule has 0 saturated carbocycles. The van der Waals surface area contributed by atoms with E-state index in [-0.39, 0.29) is 0 Å². The molecule has 4 heteroatoms. The standard InChI is InChI=1S/C6H11NOS2/c1-8-6(7)5-4-9-2-3-10-5/h5,7H,2-4H2,1H3. The first-order chi connectivity index (χ1) is 4.84. The number of thioether (sulfide) groups is 2. The molecule has 1 saturated heterocycles. The van der Waals surface area contributed by atoms with Gasteiger partial charge in [0.25, 0.3) is 0 Å². The second-order valence-electron chi connectivity index (χ2n) is 2.00. The number of ether oxygens (including phenoxy) is 1. The van der Waals surface area contributed by atoms with Crippen molar-refractivity contribution in [2.24, 2.45) is 0 Å². The van der Waals surface area contributed by atoms with Crippen molar-refractivity contribution in [3.05, 3.63) is 0 Å². The molecule has 0 aromatic rings. The molecule has 1 N–H and O–H groups in total. The Labute approximate surface area is 69.6 Å². The molecule has 1 aliphatic rings. The van der Waals surface area contributed by atoms with Gasteiger partial charge in [0.2, 0.25) is 0 Å². The molecule has 58 valence electrons. The van der Waals surface area contributed by atoms with Gasteiger partial charge in [-0.25, -0.2) is 0 Å². The summed E-state index contributed by atoms with van der Waals surface area (Å²) >= 11 is 3.73. The highest BCUT2D eigenvalue weighted by atomic mass is 32.2. The van der Waals surface area contributed by atoms with Crippen LogP contribution < -0.4 is 0 Å². The Hall–Kier alpha value is 0.170. The highest BCUT2D eigenvalue weighted by Gasteiger charge is 2.19. The van der Waals surface area contributed by atoms with E-state index in [1.807, 2.05) is 23.5 Å². The van der Waals surface area contributed by atoms with Gasteiger partial charge in [-0.1, -0.05) is 0 Å². The predicted molar refractivity (Wildman–Crippen MR) is 48.3 cm³/mol. The smallest absolute Gasteiger partial charge is 0.194 e. The normalized spacial score (nSPS) is 25.9. The van der Waals surface area contributed by atoms with Crippen LogP contribution in [0.5, 0.6) is 0 Å². The fraction of sp³-hybridized carbons (Fsp3) is 0.833. The third-order valence-electron chi connectivity index (χ3n) is 1.33. The van der Waals surface area contributed by atoms with E-state index >= 15 is 0 Å². The van der Waals surface area contributed by atoms with E-state index in [1.165, 1.54) is 5.75 Å². The minimum atomic E-state index is 0.309. The maximum atomic E-state index is 7.38. The van der Waals surface area contributed by atoms with E-state index < -0.39 is 0 Å². The Bertz CT molecular complexity index is 123. The second-order valence-corrected chi connectivity index (χ2v) is 4.46. The molecular weight excluding hydrogens is 166 g/mol. The van der Waals surface area contributed by atoms with Gasteiger partial charge in [-0.05, 0) is 0 Å². The lowest BCUT2D eigenvalue weighted by atomic mass is 10.5. The third kappa shape index (κ3) is 2.09. The summed E-state index contributed by atoms with van der Waals surface area (Å²) in [6.45, 7) is 0. The summed E-state index contributed by atoms with van der Waals surface area (Å²) in [5.74, 6) is 3.84. The lowest BCUT2D eigenvalue weighted by Crippen LogP contribution is -2.24. The molecule has 1 heterocycles. The topological polar surface area (TPSA) is 33.1 Å². The van der Waals surface area contributed by atoms with Crippen LogP contribution in [0.1, 0.15) is 0 Å². The van der Waals surface area contributed by atoms with Crippen LogP contribution in [-0.4, -0.2) is 35.5 Å². The minimum Gasteiger partial charge on any atom is -0.484 e. The van der Waals surface area contributed by atoms with Crippen molar-refractivity contribution >= 4 is 29.4 Å². The van der Waals surface area contributed by atoms with E-state index in [0.29, 0.717) is 11.1 Å². The molecule has 0 spiro atoms. The van der Waals surface area contributed by atoms with E-state index in [9.17, 15) is 0 Å². The minimum absolute atomic E-state index is 0.309. The monoisotopic (exact) mass is 177 g/mol. The van der Waals surface area contributed by atoms with Crippen LogP contribution in [0, 0.1) is 5.41 Å². The van der Waals surface area contributed by atoms with E-state index in [0.717, 1.165) is 11.5 Å². The Kier molecular flexibility index (Phi) is 3.42. The molecule has 1 atom stereocenters. The number of nitrogens with one attached hydrogen (secondary N) is 1.